The van der Waals surface area contributed by atoms with Gasteiger partial charge >= 0.3 is 0 Å². The van der Waals surface area contributed by atoms with Gasteiger partial charge in [0.2, 0.25) is 15.9 Å². The number of carbonyl (C=O) groups is 1. The third kappa shape index (κ3) is 4.81. The van der Waals surface area contributed by atoms with E-state index in [0.29, 0.717) is 31.2 Å². The molecule has 10 nitrogen and oxygen atoms in total. The molecule has 176 valence electrons. The Morgan fingerprint density at radius 3 is 2.21 bits per heavy atom. The maximum absolute atomic E-state index is 13.2. The summed E-state index contributed by atoms with van der Waals surface area (Å²) in [6, 6.07) is 10.9. The molecule has 0 bridgehead atoms. The molecule has 2 atom stereocenters. The van der Waals surface area contributed by atoms with Gasteiger partial charge in [-0.25, -0.2) is 8.42 Å². The number of nitro groups is 1. The second kappa shape index (κ2) is 9.26. The van der Waals surface area contributed by atoms with Gasteiger partial charge in [0.1, 0.15) is 6.04 Å². The van der Waals surface area contributed by atoms with Crippen molar-refractivity contribution < 1.29 is 23.2 Å². The van der Waals surface area contributed by atoms with Crippen LogP contribution in [0.5, 0.6) is 0 Å². The van der Waals surface area contributed by atoms with E-state index >= 15 is 0 Å². The number of amides is 1. The first-order valence-electron chi connectivity index (χ1n) is 10.4. The summed E-state index contributed by atoms with van der Waals surface area (Å²) in [5.41, 5.74) is 0.824. The van der Waals surface area contributed by atoms with Crippen molar-refractivity contribution in [1.29, 1.82) is 0 Å². The molecule has 0 aromatic heterocycles. The normalized spacial score (nSPS) is 21.9. The van der Waals surface area contributed by atoms with E-state index in [-0.39, 0.29) is 29.5 Å². The van der Waals surface area contributed by atoms with Gasteiger partial charge in [-0.3, -0.25) is 14.9 Å². The van der Waals surface area contributed by atoms with Gasteiger partial charge in [-0.1, -0.05) is 11.6 Å². The summed E-state index contributed by atoms with van der Waals surface area (Å²) in [5, 5.41) is 21.4. The lowest BCUT2D eigenvalue weighted by Crippen LogP contribution is -2.54. The molecule has 2 aliphatic heterocycles. The monoisotopic (exact) mass is 494 g/mol. The molecule has 0 spiro atoms. The highest BCUT2D eigenvalue weighted by atomic mass is 35.5. The zero-order valence-electron chi connectivity index (χ0n) is 17.6. The molecule has 4 rings (SSSR count). The zero-order valence-corrected chi connectivity index (χ0v) is 19.2. The second-order valence-electron chi connectivity index (χ2n) is 8.02. The number of sulfonamides is 1. The molecule has 2 aromatic carbocycles. The fourth-order valence-corrected chi connectivity index (χ4v) is 5.95. The van der Waals surface area contributed by atoms with E-state index in [9.17, 15) is 28.4 Å². The molecule has 2 aliphatic rings. The van der Waals surface area contributed by atoms with Gasteiger partial charge < -0.3 is 14.9 Å². The van der Waals surface area contributed by atoms with Crippen LogP contribution in [0.1, 0.15) is 6.42 Å². The Kier molecular flexibility index (Phi) is 6.57. The van der Waals surface area contributed by atoms with Crippen LogP contribution in [0.3, 0.4) is 0 Å². The van der Waals surface area contributed by atoms with E-state index in [1.165, 1.54) is 36.4 Å². The quantitative estimate of drug-likeness (QED) is 0.495. The van der Waals surface area contributed by atoms with E-state index < -0.39 is 27.1 Å². The van der Waals surface area contributed by atoms with Crippen LogP contribution in [0.15, 0.2) is 53.4 Å². The van der Waals surface area contributed by atoms with Crippen molar-refractivity contribution in [3.63, 3.8) is 0 Å². The average Bonchev–Trinajstić information content (AvgIpc) is 3.21. The minimum atomic E-state index is -3.98. The Hall–Kier alpha value is -2.73. The third-order valence-corrected chi connectivity index (χ3v) is 8.10. The lowest BCUT2D eigenvalue weighted by Gasteiger charge is -2.38. The Morgan fingerprint density at radius 1 is 1.03 bits per heavy atom. The first kappa shape index (κ1) is 23.4. The van der Waals surface area contributed by atoms with Gasteiger partial charge in [0, 0.05) is 62.0 Å². The van der Waals surface area contributed by atoms with E-state index in [1.807, 2.05) is 4.90 Å². The Balaban J connectivity index is 1.45. The number of carbonyl (C=O) groups excluding carboxylic acids is 1. The predicted molar refractivity (Wildman–Crippen MR) is 122 cm³/mol. The number of nitro benzene ring substituents is 1. The number of aliphatic hydroxyl groups excluding tert-OH is 1. The fourth-order valence-electron chi connectivity index (χ4n) is 4.20. The van der Waals surface area contributed by atoms with Gasteiger partial charge in [0.15, 0.2) is 0 Å². The molecular formula is C21H23ClN4O6S. The minimum absolute atomic E-state index is 0.00865. The molecule has 1 N–H and O–H groups in total. The smallest absolute Gasteiger partial charge is 0.269 e. The number of non-ortho nitro benzene ring substituents is 1. The molecule has 0 radical (unpaired) electrons. The second-order valence-corrected chi connectivity index (χ2v) is 10.3. The van der Waals surface area contributed by atoms with E-state index in [0.717, 1.165) is 9.99 Å². The topological polar surface area (TPSA) is 124 Å². The van der Waals surface area contributed by atoms with Crippen LogP contribution in [0.25, 0.3) is 0 Å². The summed E-state index contributed by atoms with van der Waals surface area (Å²) in [5.74, 6) is -0.340. The van der Waals surface area contributed by atoms with Crippen LogP contribution < -0.4 is 4.90 Å². The Morgan fingerprint density at radius 2 is 1.64 bits per heavy atom. The highest BCUT2D eigenvalue weighted by Crippen LogP contribution is 2.29. The van der Waals surface area contributed by atoms with Crippen molar-refractivity contribution in [3.8, 4) is 0 Å². The van der Waals surface area contributed by atoms with Crippen molar-refractivity contribution in [1.82, 2.24) is 9.21 Å². The maximum atomic E-state index is 13.2. The summed E-state index contributed by atoms with van der Waals surface area (Å²) in [6.45, 7) is 1.60. The largest absolute Gasteiger partial charge is 0.392 e. The summed E-state index contributed by atoms with van der Waals surface area (Å²) in [4.78, 5) is 27.3. The minimum Gasteiger partial charge on any atom is -0.392 e. The van der Waals surface area contributed by atoms with Crippen LogP contribution in [0, 0.1) is 10.1 Å². The van der Waals surface area contributed by atoms with Gasteiger partial charge in [0.25, 0.3) is 5.69 Å². The standard InChI is InChI=1S/C21H23ClN4O6S/c22-15-1-7-19(8-2-15)33(31,32)25-14-18(27)13-20(25)21(28)24-11-9-23(10-12-24)16-3-5-17(6-4-16)26(29)30/h1-8,18,20,27H,9-14H2/t18-,20+/m0/s1. The van der Waals surface area contributed by atoms with E-state index in [2.05, 4.69) is 0 Å². The van der Waals surface area contributed by atoms with Gasteiger partial charge in [-0.2, -0.15) is 4.31 Å². The lowest BCUT2D eigenvalue weighted by molar-refractivity contribution is -0.384. The van der Waals surface area contributed by atoms with Crippen LogP contribution in [0.4, 0.5) is 11.4 Å². The fraction of sp³-hybridized carbons (Fsp3) is 0.381. The Labute approximate surface area is 196 Å². The van der Waals surface area contributed by atoms with Crippen LogP contribution in [0.2, 0.25) is 5.02 Å². The molecule has 2 heterocycles. The number of rotatable bonds is 5. The van der Waals surface area contributed by atoms with Crippen molar-refractivity contribution in [3.05, 3.63) is 63.7 Å². The number of aliphatic hydroxyl groups is 1. The first-order valence-corrected chi connectivity index (χ1v) is 12.2. The van der Waals surface area contributed by atoms with Crippen LogP contribution >= 0.6 is 11.6 Å². The maximum Gasteiger partial charge on any atom is 0.269 e. The number of hydrogen-bond acceptors (Lipinski definition) is 7. The van der Waals surface area contributed by atoms with Gasteiger partial charge in [0.05, 0.1) is 15.9 Å². The number of nitrogens with zero attached hydrogens (tertiary/aromatic N) is 4. The highest BCUT2D eigenvalue weighted by Gasteiger charge is 2.45. The molecule has 1 amide bonds. The molecule has 2 aromatic rings. The predicted octanol–water partition coefficient (Wildman–Crippen LogP) is 1.72. The average molecular weight is 495 g/mol. The number of anilines is 1. The molecule has 2 fully saturated rings. The molecule has 0 saturated carbocycles. The number of piperazine rings is 1. The number of hydrogen-bond donors (Lipinski definition) is 1. The summed E-state index contributed by atoms with van der Waals surface area (Å²) in [6.07, 6.45) is -0.892. The Bertz CT molecular complexity index is 1130. The third-order valence-electron chi connectivity index (χ3n) is 5.96. The highest BCUT2D eigenvalue weighted by molar-refractivity contribution is 7.89. The molecule has 0 unspecified atom stereocenters. The van der Waals surface area contributed by atoms with Crippen molar-refractivity contribution in [2.45, 2.75) is 23.5 Å². The number of β-amino-alcohol motifs (C(OH)–C–C–N with tert-alkyl or cyclic N) is 1. The van der Waals surface area contributed by atoms with E-state index in [4.69, 9.17) is 11.6 Å². The number of halogens is 1. The molecule has 33 heavy (non-hydrogen) atoms. The van der Waals surface area contributed by atoms with Crippen LogP contribution in [-0.2, 0) is 14.8 Å². The molecular weight excluding hydrogens is 472 g/mol. The lowest BCUT2D eigenvalue weighted by atomic mass is 10.1. The first-order chi connectivity index (χ1) is 15.7. The number of benzene rings is 2. The molecule has 2 saturated heterocycles. The van der Waals surface area contributed by atoms with Gasteiger partial charge in [-0.15, -0.1) is 0 Å². The van der Waals surface area contributed by atoms with Crippen molar-refractivity contribution in [2.24, 2.45) is 0 Å². The SMILES string of the molecule is O=C([C@H]1C[C@H](O)CN1S(=O)(=O)c1ccc(Cl)cc1)N1CCN(c2ccc([N+](=O)[O-])cc2)CC1. The van der Waals surface area contributed by atoms with E-state index in [1.54, 1.807) is 17.0 Å². The van der Waals surface area contributed by atoms with Crippen molar-refractivity contribution >= 4 is 38.9 Å². The summed E-state index contributed by atoms with van der Waals surface area (Å²) >= 11 is 5.86. The zero-order chi connectivity index (χ0) is 23.8. The molecule has 0 aliphatic carbocycles. The summed E-state index contributed by atoms with van der Waals surface area (Å²) in [7, 11) is -3.98. The molecule has 12 heteroatoms. The van der Waals surface area contributed by atoms with Gasteiger partial charge in [-0.05, 0) is 36.4 Å². The van der Waals surface area contributed by atoms with Crippen LogP contribution in [-0.4, -0.2) is 78.4 Å². The summed E-state index contributed by atoms with van der Waals surface area (Å²) < 4.78 is 27.4. The van der Waals surface area contributed by atoms with Crippen molar-refractivity contribution in [2.75, 3.05) is 37.6 Å².